The van der Waals surface area contributed by atoms with Gasteiger partial charge in [0.25, 0.3) is 0 Å². The summed E-state index contributed by atoms with van der Waals surface area (Å²) in [6.07, 6.45) is 0.904. The van der Waals surface area contributed by atoms with Gasteiger partial charge in [-0.05, 0) is 32.4 Å². The standard InChI is InChI=1S/C19H22N2O6/c1-13-11-15(14(2)20(13)10-6-9-19(23)26-3)17(22)12-27-18-8-5-4-7-16(18)21(24)25/h4-5,7-8,11H,6,9-10,12H2,1-3H3. The number of nitro groups is 1. The summed E-state index contributed by atoms with van der Waals surface area (Å²) in [5.74, 6) is -0.477. The van der Waals surface area contributed by atoms with E-state index in [1.165, 1.54) is 25.3 Å². The third kappa shape index (κ3) is 4.93. The van der Waals surface area contributed by atoms with E-state index in [1.807, 2.05) is 18.4 Å². The van der Waals surface area contributed by atoms with E-state index < -0.39 is 4.92 Å². The van der Waals surface area contributed by atoms with Crippen LogP contribution in [0.2, 0.25) is 0 Å². The van der Waals surface area contributed by atoms with Gasteiger partial charge in [-0.25, -0.2) is 0 Å². The van der Waals surface area contributed by atoms with E-state index in [0.29, 0.717) is 24.9 Å². The highest BCUT2D eigenvalue weighted by Crippen LogP contribution is 2.26. The Morgan fingerprint density at radius 3 is 2.59 bits per heavy atom. The van der Waals surface area contributed by atoms with E-state index >= 15 is 0 Å². The zero-order chi connectivity index (χ0) is 20.0. The Balaban J connectivity index is 2.06. The highest BCUT2D eigenvalue weighted by atomic mass is 16.6. The van der Waals surface area contributed by atoms with Gasteiger partial charge in [-0.1, -0.05) is 12.1 Å². The van der Waals surface area contributed by atoms with Gasteiger partial charge >= 0.3 is 11.7 Å². The minimum absolute atomic E-state index is 0.0581. The van der Waals surface area contributed by atoms with Crippen molar-refractivity contribution in [3.8, 4) is 5.75 Å². The van der Waals surface area contributed by atoms with E-state index in [-0.39, 0.29) is 29.8 Å². The quantitative estimate of drug-likeness (QED) is 0.289. The molecule has 2 rings (SSSR count). The van der Waals surface area contributed by atoms with Crippen LogP contribution in [-0.2, 0) is 16.1 Å². The number of carbonyl (C=O) groups excluding carboxylic acids is 2. The maximum absolute atomic E-state index is 12.5. The van der Waals surface area contributed by atoms with Crippen LogP contribution in [0.3, 0.4) is 0 Å². The SMILES string of the molecule is COC(=O)CCCn1c(C)cc(C(=O)COc2ccccc2[N+](=O)[O-])c1C. The zero-order valence-electron chi connectivity index (χ0n) is 15.6. The van der Waals surface area contributed by atoms with Gasteiger partial charge in [0.05, 0.1) is 12.0 Å². The summed E-state index contributed by atoms with van der Waals surface area (Å²) >= 11 is 0. The summed E-state index contributed by atoms with van der Waals surface area (Å²) < 4.78 is 12.0. The molecule has 0 fully saturated rings. The molecule has 0 bridgehead atoms. The number of nitrogens with zero attached hydrogens (tertiary/aromatic N) is 2. The number of hydrogen-bond acceptors (Lipinski definition) is 6. The minimum atomic E-state index is -0.549. The van der Waals surface area contributed by atoms with Gasteiger partial charge in [0.1, 0.15) is 0 Å². The molecule has 2 aromatic rings. The van der Waals surface area contributed by atoms with E-state index in [0.717, 1.165) is 11.4 Å². The van der Waals surface area contributed by atoms with Gasteiger partial charge in [-0.15, -0.1) is 0 Å². The van der Waals surface area contributed by atoms with Crippen LogP contribution in [0.4, 0.5) is 5.69 Å². The number of methoxy groups -OCH3 is 1. The Kier molecular flexibility index (Phi) is 6.70. The van der Waals surface area contributed by atoms with E-state index in [2.05, 4.69) is 4.74 Å². The molecule has 27 heavy (non-hydrogen) atoms. The number of rotatable bonds is 9. The number of Topliss-reactive ketones (excluding diaryl/α,β-unsaturated/α-hetero) is 1. The zero-order valence-corrected chi connectivity index (χ0v) is 15.6. The third-order valence-electron chi connectivity index (χ3n) is 4.29. The van der Waals surface area contributed by atoms with Crippen LogP contribution in [0.15, 0.2) is 30.3 Å². The number of ketones is 1. The molecule has 0 aliphatic rings. The summed E-state index contributed by atoms with van der Waals surface area (Å²) in [5.41, 5.74) is 1.99. The second-order valence-electron chi connectivity index (χ2n) is 6.05. The molecule has 0 aliphatic heterocycles. The number of carbonyl (C=O) groups is 2. The summed E-state index contributed by atoms with van der Waals surface area (Å²) in [6.45, 7) is 4.00. The average Bonchev–Trinajstić information content (AvgIpc) is 2.94. The lowest BCUT2D eigenvalue weighted by molar-refractivity contribution is -0.385. The van der Waals surface area contributed by atoms with E-state index in [1.54, 1.807) is 12.1 Å². The number of aryl methyl sites for hydroxylation is 1. The van der Waals surface area contributed by atoms with Crippen molar-refractivity contribution in [2.75, 3.05) is 13.7 Å². The maximum atomic E-state index is 12.5. The first-order valence-electron chi connectivity index (χ1n) is 8.48. The van der Waals surface area contributed by atoms with Crippen molar-refractivity contribution in [2.24, 2.45) is 0 Å². The molecule has 1 aromatic carbocycles. The number of para-hydroxylation sites is 2. The van der Waals surface area contributed by atoms with Gasteiger partial charge in [-0.3, -0.25) is 19.7 Å². The predicted octanol–water partition coefficient (Wildman–Crippen LogP) is 3.23. The number of hydrogen-bond donors (Lipinski definition) is 0. The average molecular weight is 374 g/mol. The molecular formula is C19H22N2O6. The lowest BCUT2D eigenvalue weighted by Gasteiger charge is -2.09. The van der Waals surface area contributed by atoms with Crippen LogP contribution in [-0.4, -0.2) is 35.0 Å². The van der Waals surface area contributed by atoms with E-state index in [9.17, 15) is 19.7 Å². The number of ether oxygens (including phenoxy) is 2. The number of benzene rings is 1. The maximum Gasteiger partial charge on any atom is 0.310 e. The first kappa shape index (κ1) is 20.2. The number of aromatic nitrogens is 1. The topological polar surface area (TPSA) is 101 Å². The highest BCUT2D eigenvalue weighted by Gasteiger charge is 2.19. The van der Waals surface area contributed by atoms with E-state index in [4.69, 9.17) is 4.74 Å². The molecule has 0 atom stereocenters. The van der Waals surface area contributed by atoms with Crippen molar-refractivity contribution in [1.29, 1.82) is 0 Å². The van der Waals surface area contributed by atoms with Crippen LogP contribution in [0, 0.1) is 24.0 Å². The van der Waals surface area contributed by atoms with Crippen molar-refractivity contribution in [3.63, 3.8) is 0 Å². The first-order valence-corrected chi connectivity index (χ1v) is 8.48. The third-order valence-corrected chi connectivity index (χ3v) is 4.29. The van der Waals surface area contributed by atoms with Crippen molar-refractivity contribution < 1.29 is 24.0 Å². The Labute approximate surface area is 156 Å². The van der Waals surface area contributed by atoms with Crippen LogP contribution in [0.1, 0.15) is 34.6 Å². The highest BCUT2D eigenvalue weighted by molar-refractivity contribution is 5.98. The van der Waals surface area contributed by atoms with Crippen molar-refractivity contribution >= 4 is 17.4 Å². The molecule has 1 aromatic heterocycles. The summed E-state index contributed by atoms with van der Waals surface area (Å²) in [4.78, 5) is 34.2. The fraction of sp³-hybridized carbons (Fsp3) is 0.368. The molecule has 8 heteroatoms. The molecule has 8 nitrogen and oxygen atoms in total. The van der Waals surface area contributed by atoms with Gasteiger partial charge in [0, 0.05) is 36.0 Å². The smallest absolute Gasteiger partial charge is 0.310 e. The van der Waals surface area contributed by atoms with Crippen LogP contribution >= 0.6 is 0 Å². The van der Waals surface area contributed by atoms with Crippen molar-refractivity contribution in [1.82, 2.24) is 4.57 Å². The Morgan fingerprint density at radius 2 is 1.93 bits per heavy atom. The second-order valence-corrected chi connectivity index (χ2v) is 6.05. The second kappa shape index (κ2) is 8.98. The molecule has 0 aliphatic carbocycles. The minimum Gasteiger partial charge on any atom is -0.478 e. The number of nitro benzene ring substituents is 1. The number of esters is 1. The molecule has 0 saturated heterocycles. The molecular weight excluding hydrogens is 352 g/mol. The molecule has 0 saturated carbocycles. The lowest BCUT2D eigenvalue weighted by atomic mass is 10.1. The summed E-state index contributed by atoms with van der Waals surface area (Å²) in [6, 6.07) is 7.70. The van der Waals surface area contributed by atoms with Gasteiger partial charge in [0.15, 0.2) is 12.4 Å². The Morgan fingerprint density at radius 1 is 1.22 bits per heavy atom. The molecule has 1 heterocycles. The fourth-order valence-corrected chi connectivity index (χ4v) is 2.86. The van der Waals surface area contributed by atoms with Gasteiger partial charge in [-0.2, -0.15) is 0 Å². The lowest BCUT2D eigenvalue weighted by Crippen LogP contribution is -2.14. The fourth-order valence-electron chi connectivity index (χ4n) is 2.86. The molecule has 144 valence electrons. The first-order chi connectivity index (χ1) is 12.8. The molecule has 0 radical (unpaired) electrons. The summed E-state index contributed by atoms with van der Waals surface area (Å²) in [7, 11) is 1.35. The molecule has 0 N–H and O–H groups in total. The van der Waals surface area contributed by atoms with Gasteiger partial charge < -0.3 is 14.0 Å². The van der Waals surface area contributed by atoms with Crippen LogP contribution in [0.25, 0.3) is 0 Å². The van der Waals surface area contributed by atoms with Gasteiger partial charge in [0.2, 0.25) is 5.78 Å². The monoisotopic (exact) mass is 374 g/mol. The Hall–Kier alpha value is -3.16. The Bertz CT molecular complexity index is 856. The van der Waals surface area contributed by atoms with Crippen LogP contribution in [0.5, 0.6) is 5.75 Å². The van der Waals surface area contributed by atoms with Crippen LogP contribution < -0.4 is 4.74 Å². The largest absolute Gasteiger partial charge is 0.478 e. The molecule has 0 amide bonds. The summed E-state index contributed by atoms with van der Waals surface area (Å²) in [5, 5.41) is 11.0. The van der Waals surface area contributed by atoms with Crippen molar-refractivity contribution in [2.45, 2.75) is 33.2 Å². The molecule has 0 unspecified atom stereocenters. The van der Waals surface area contributed by atoms with Crippen molar-refractivity contribution in [3.05, 3.63) is 57.4 Å². The molecule has 0 spiro atoms. The predicted molar refractivity (Wildman–Crippen MR) is 98.1 cm³/mol. The normalized spacial score (nSPS) is 10.5.